The Morgan fingerprint density at radius 3 is 1.69 bits per heavy atom. The molecule has 0 saturated carbocycles. The molecular weight excluding hydrogens is 250 g/mol. The first-order valence-electron chi connectivity index (χ1n) is 3.96. The van der Waals surface area contributed by atoms with E-state index in [0.29, 0.717) is 0 Å². The van der Waals surface area contributed by atoms with E-state index in [1.165, 1.54) is 23.5 Å². The van der Waals surface area contributed by atoms with E-state index in [4.69, 9.17) is 23.2 Å². The summed E-state index contributed by atoms with van der Waals surface area (Å²) in [4.78, 5) is 0. The van der Waals surface area contributed by atoms with Crippen LogP contribution in [0.4, 0.5) is 0 Å². The molecule has 0 aliphatic heterocycles. The molecule has 0 spiro atoms. The first-order valence-corrected chi connectivity index (χ1v) is 5.71. The summed E-state index contributed by atoms with van der Waals surface area (Å²) in [5.74, 6) is 0. The maximum atomic E-state index is 6.00. The number of hydrogen-bond acceptors (Lipinski definition) is 0. The van der Waals surface area contributed by atoms with Gasteiger partial charge in [0.25, 0.3) is 0 Å². The van der Waals surface area contributed by atoms with E-state index >= 15 is 0 Å². The summed E-state index contributed by atoms with van der Waals surface area (Å²) in [6.45, 7) is 0. The molecule has 2 aliphatic rings. The summed E-state index contributed by atoms with van der Waals surface area (Å²) in [5.41, 5.74) is 0. The maximum absolute atomic E-state index is 6.00. The molecule has 0 aromatic rings. The number of halogens is 2. The Morgan fingerprint density at radius 2 is 1.38 bits per heavy atom. The third-order valence-electron chi connectivity index (χ3n) is 1.78. The Labute approximate surface area is 93.8 Å². The molecule has 0 bridgehead atoms. The quantitative estimate of drug-likeness (QED) is 0.659. The standard InChI is InChI=1S/2C5H4Cl.Ni/c2*6-5-3-1-2-4-5;/h2*1,3H,2H2;. The number of hydrogen-bond donors (Lipinski definition) is 0. The van der Waals surface area contributed by atoms with Crippen molar-refractivity contribution in [2.75, 3.05) is 0 Å². The molecule has 0 unspecified atom stereocenters. The Morgan fingerprint density at radius 1 is 0.923 bits per heavy atom. The minimum atomic E-state index is 0.865. The van der Waals surface area contributed by atoms with Gasteiger partial charge in [-0.05, 0) is 0 Å². The summed E-state index contributed by atoms with van der Waals surface area (Å²) in [6, 6.07) is 0. The molecule has 2 rings (SSSR count). The predicted octanol–water partition coefficient (Wildman–Crippen LogP) is 3.89. The Kier molecular flexibility index (Phi) is 2.98. The Bertz CT molecular complexity index is 314. The van der Waals surface area contributed by atoms with Gasteiger partial charge in [-0.3, -0.25) is 0 Å². The van der Waals surface area contributed by atoms with Gasteiger partial charge < -0.3 is 0 Å². The van der Waals surface area contributed by atoms with Crippen molar-refractivity contribution in [3.8, 4) is 0 Å². The van der Waals surface area contributed by atoms with Crippen molar-refractivity contribution in [2.45, 2.75) is 12.8 Å². The van der Waals surface area contributed by atoms with Gasteiger partial charge in [-0.15, -0.1) is 0 Å². The predicted molar refractivity (Wildman–Crippen MR) is 53.3 cm³/mol. The van der Waals surface area contributed by atoms with Gasteiger partial charge in [0.05, 0.1) is 0 Å². The van der Waals surface area contributed by atoms with Gasteiger partial charge in [-0.2, -0.15) is 0 Å². The van der Waals surface area contributed by atoms with E-state index in [1.54, 1.807) is 0 Å². The van der Waals surface area contributed by atoms with E-state index in [-0.39, 0.29) is 0 Å². The molecule has 0 nitrogen and oxygen atoms in total. The Hall–Kier alpha value is 0.0335. The van der Waals surface area contributed by atoms with Crippen LogP contribution >= 0.6 is 23.2 Å². The zero-order valence-electron chi connectivity index (χ0n) is 6.80. The fraction of sp³-hybridized carbons (Fsp3) is 0.200. The van der Waals surface area contributed by atoms with Gasteiger partial charge in [0, 0.05) is 0 Å². The van der Waals surface area contributed by atoms with Crippen LogP contribution in [0.15, 0.2) is 43.5 Å². The molecule has 0 amide bonds. The first-order chi connectivity index (χ1) is 6.27. The van der Waals surface area contributed by atoms with Crippen LogP contribution in [-0.4, -0.2) is 0 Å². The molecule has 0 aromatic heterocycles. The van der Waals surface area contributed by atoms with Gasteiger partial charge in [0.1, 0.15) is 0 Å². The van der Waals surface area contributed by atoms with Crippen molar-refractivity contribution in [3.05, 3.63) is 43.5 Å². The van der Waals surface area contributed by atoms with Gasteiger partial charge in [0.15, 0.2) is 0 Å². The molecule has 2 aliphatic carbocycles. The zero-order valence-corrected chi connectivity index (χ0v) is 9.30. The molecule has 0 atom stereocenters. The second-order valence-corrected chi connectivity index (χ2v) is 4.98. The zero-order chi connectivity index (χ0) is 9.26. The van der Waals surface area contributed by atoms with Crippen molar-refractivity contribution in [2.24, 2.45) is 0 Å². The van der Waals surface area contributed by atoms with Crippen LogP contribution in [0, 0.1) is 0 Å². The summed E-state index contributed by atoms with van der Waals surface area (Å²) in [7, 11) is 0. The van der Waals surface area contributed by atoms with E-state index < -0.39 is 0 Å². The van der Waals surface area contributed by atoms with E-state index in [2.05, 4.69) is 12.2 Å². The fourth-order valence-electron chi connectivity index (χ4n) is 1.14. The van der Waals surface area contributed by atoms with Gasteiger partial charge in [-0.1, -0.05) is 0 Å². The molecule has 0 fully saturated rings. The van der Waals surface area contributed by atoms with Crippen LogP contribution in [0.3, 0.4) is 0 Å². The third kappa shape index (κ3) is 2.10. The topological polar surface area (TPSA) is 0 Å². The van der Waals surface area contributed by atoms with Crippen LogP contribution in [-0.2, 0) is 14.4 Å². The van der Waals surface area contributed by atoms with Crippen molar-refractivity contribution in [1.29, 1.82) is 0 Å². The van der Waals surface area contributed by atoms with Crippen LogP contribution in [0.25, 0.3) is 0 Å². The van der Waals surface area contributed by atoms with Gasteiger partial charge >= 0.3 is 93.9 Å². The monoisotopic (exact) mass is 256 g/mol. The Balaban J connectivity index is 2.08. The molecule has 3 heteroatoms. The van der Waals surface area contributed by atoms with E-state index in [1.807, 2.05) is 12.2 Å². The second-order valence-electron chi connectivity index (χ2n) is 2.72. The average Bonchev–Trinajstić information content (AvgIpc) is 2.65. The third-order valence-corrected chi connectivity index (χ3v) is 4.26. The fourth-order valence-corrected chi connectivity index (χ4v) is 2.91. The normalized spacial score (nSPS) is 21.4. The first kappa shape index (κ1) is 9.58. The molecule has 0 N–H and O–H groups in total. The van der Waals surface area contributed by atoms with Crippen molar-refractivity contribution in [1.82, 2.24) is 0 Å². The van der Waals surface area contributed by atoms with Gasteiger partial charge in [0.2, 0.25) is 0 Å². The van der Waals surface area contributed by atoms with Crippen molar-refractivity contribution < 1.29 is 14.4 Å². The summed E-state index contributed by atoms with van der Waals surface area (Å²) >= 11 is 13.5. The van der Waals surface area contributed by atoms with Gasteiger partial charge in [-0.25, -0.2) is 0 Å². The number of rotatable bonds is 2. The van der Waals surface area contributed by atoms with Crippen LogP contribution < -0.4 is 0 Å². The summed E-state index contributed by atoms with van der Waals surface area (Å²) < 4.78 is 2.46. The summed E-state index contributed by atoms with van der Waals surface area (Å²) in [5, 5.41) is 1.73. The van der Waals surface area contributed by atoms with Crippen molar-refractivity contribution >= 4 is 23.2 Å². The summed E-state index contributed by atoms with van der Waals surface area (Å²) in [6.07, 6.45) is 9.95. The van der Waals surface area contributed by atoms with E-state index in [0.717, 1.165) is 22.9 Å². The molecular formula is C10H8Cl2Ni. The van der Waals surface area contributed by atoms with E-state index in [9.17, 15) is 0 Å². The van der Waals surface area contributed by atoms with Crippen LogP contribution in [0.1, 0.15) is 12.8 Å². The molecule has 72 valence electrons. The molecule has 0 heterocycles. The molecule has 0 aromatic carbocycles. The number of allylic oxidation sites excluding steroid dienone is 8. The SMILES string of the molecule is ClC1=[C]([Ni][C]2=C(Cl)C=CC2)CC=C1. The average molecular weight is 258 g/mol. The molecule has 13 heavy (non-hydrogen) atoms. The molecule has 0 radical (unpaired) electrons. The molecule has 0 saturated heterocycles. The second kappa shape index (κ2) is 4.04. The minimum absolute atomic E-state index is 0.865. The van der Waals surface area contributed by atoms with Crippen molar-refractivity contribution in [3.63, 3.8) is 0 Å². The van der Waals surface area contributed by atoms with Crippen LogP contribution in [0.5, 0.6) is 0 Å². The van der Waals surface area contributed by atoms with Crippen LogP contribution in [0.2, 0.25) is 0 Å².